The zero-order chi connectivity index (χ0) is 24.0. The summed E-state index contributed by atoms with van der Waals surface area (Å²) >= 11 is 0. The van der Waals surface area contributed by atoms with E-state index in [-0.39, 0.29) is 45.9 Å². The molecule has 0 radical (unpaired) electrons. The van der Waals surface area contributed by atoms with Gasteiger partial charge in [-0.3, -0.25) is 0 Å². The van der Waals surface area contributed by atoms with Gasteiger partial charge in [-0.1, -0.05) is 33.6 Å². The van der Waals surface area contributed by atoms with E-state index < -0.39 is 35.6 Å². The first kappa shape index (κ1) is 30.6. The summed E-state index contributed by atoms with van der Waals surface area (Å²) in [5.74, 6) is 0. The van der Waals surface area contributed by atoms with Crippen molar-refractivity contribution in [2.75, 3.05) is 52.9 Å². The Morgan fingerprint density at radius 2 is 1.10 bits per heavy atom. The summed E-state index contributed by atoms with van der Waals surface area (Å²) in [7, 11) is 0. The SMILES string of the molecule is CCCC(CO)(CO)CCOCC(CC)(CO)CCOCC(CO)(CCC)C(F)(F)F. The molecule has 0 heterocycles. The Morgan fingerprint density at radius 1 is 0.613 bits per heavy atom. The number of hydrogen-bond donors (Lipinski definition) is 4. The van der Waals surface area contributed by atoms with Gasteiger partial charge in [0.2, 0.25) is 0 Å². The van der Waals surface area contributed by atoms with E-state index in [0.29, 0.717) is 32.3 Å². The van der Waals surface area contributed by atoms with Crippen molar-refractivity contribution in [2.24, 2.45) is 16.2 Å². The van der Waals surface area contributed by atoms with Crippen LogP contribution in [0.3, 0.4) is 0 Å². The molecular weight excluding hydrogens is 417 g/mol. The standard InChI is InChI=1S/C22H43F3O6/c1-4-7-20(14-27,15-28)10-12-30-17-19(6-3,13-26)9-11-31-18-21(16-29,8-5-2)22(23,24)25/h26-29H,4-18H2,1-3H3. The Morgan fingerprint density at radius 3 is 1.48 bits per heavy atom. The molecule has 0 spiro atoms. The van der Waals surface area contributed by atoms with Crippen LogP contribution < -0.4 is 0 Å². The van der Waals surface area contributed by atoms with Crippen molar-refractivity contribution < 1.29 is 43.1 Å². The van der Waals surface area contributed by atoms with Gasteiger partial charge in [-0.15, -0.1) is 0 Å². The van der Waals surface area contributed by atoms with Crippen LogP contribution in [0.2, 0.25) is 0 Å². The Balaban J connectivity index is 4.77. The summed E-state index contributed by atoms with van der Waals surface area (Å²) in [6.07, 6.45) is -1.70. The summed E-state index contributed by atoms with van der Waals surface area (Å²) in [5.41, 5.74) is -3.53. The third-order valence-corrected chi connectivity index (χ3v) is 6.51. The van der Waals surface area contributed by atoms with Crippen molar-refractivity contribution in [1.82, 2.24) is 0 Å². The molecule has 0 aliphatic rings. The van der Waals surface area contributed by atoms with Crippen molar-refractivity contribution >= 4 is 0 Å². The molecule has 9 heteroatoms. The lowest BCUT2D eigenvalue weighted by Gasteiger charge is -2.35. The van der Waals surface area contributed by atoms with Crippen LogP contribution in [0.25, 0.3) is 0 Å². The van der Waals surface area contributed by atoms with Crippen molar-refractivity contribution in [3.63, 3.8) is 0 Å². The van der Waals surface area contributed by atoms with Crippen LogP contribution in [0.1, 0.15) is 65.7 Å². The third kappa shape index (κ3) is 9.14. The Kier molecular flexibility index (Phi) is 14.4. The first-order chi connectivity index (χ1) is 14.6. The minimum Gasteiger partial charge on any atom is -0.396 e. The molecule has 31 heavy (non-hydrogen) atoms. The summed E-state index contributed by atoms with van der Waals surface area (Å²) < 4.78 is 51.4. The number of hydrogen-bond acceptors (Lipinski definition) is 6. The van der Waals surface area contributed by atoms with Gasteiger partial charge in [-0.25, -0.2) is 0 Å². The normalized spacial score (nSPS) is 16.8. The van der Waals surface area contributed by atoms with Gasteiger partial charge in [0.25, 0.3) is 0 Å². The number of aliphatic hydroxyl groups excluding tert-OH is 4. The molecule has 0 aromatic rings. The fourth-order valence-electron chi connectivity index (χ4n) is 3.73. The second kappa shape index (κ2) is 14.6. The average Bonchev–Trinajstić information content (AvgIpc) is 2.75. The van der Waals surface area contributed by atoms with E-state index in [2.05, 4.69) is 0 Å². The smallest absolute Gasteiger partial charge is 0.396 e. The van der Waals surface area contributed by atoms with E-state index in [0.717, 1.165) is 6.42 Å². The summed E-state index contributed by atoms with van der Waals surface area (Å²) in [6, 6.07) is 0. The maximum absolute atomic E-state index is 13.4. The molecule has 0 aliphatic heterocycles. The zero-order valence-electron chi connectivity index (χ0n) is 19.3. The second-order valence-corrected chi connectivity index (χ2v) is 8.87. The van der Waals surface area contributed by atoms with E-state index in [1.807, 2.05) is 13.8 Å². The van der Waals surface area contributed by atoms with Crippen LogP contribution in [0.4, 0.5) is 13.2 Å². The summed E-state index contributed by atoms with van der Waals surface area (Å²) in [6.45, 7) is 3.83. The van der Waals surface area contributed by atoms with Crippen LogP contribution in [-0.4, -0.2) is 79.5 Å². The van der Waals surface area contributed by atoms with E-state index in [1.54, 1.807) is 6.92 Å². The lowest BCUT2D eigenvalue weighted by atomic mass is 9.81. The number of rotatable bonds is 19. The first-order valence-electron chi connectivity index (χ1n) is 11.2. The van der Waals surface area contributed by atoms with Gasteiger partial charge in [0, 0.05) is 24.0 Å². The summed E-state index contributed by atoms with van der Waals surface area (Å²) in [4.78, 5) is 0. The number of ether oxygens (including phenoxy) is 2. The first-order valence-corrected chi connectivity index (χ1v) is 11.2. The van der Waals surface area contributed by atoms with E-state index in [1.165, 1.54) is 0 Å². The van der Waals surface area contributed by atoms with E-state index in [9.17, 15) is 33.6 Å². The van der Waals surface area contributed by atoms with E-state index >= 15 is 0 Å². The molecule has 0 fully saturated rings. The molecule has 0 aliphatic carbocycles. The molecular formula is C22H43F3O6. The highest BCUT2D eigenvalue weighted by atomic mass is 19.4. The summed E-state index contributed by atoms with van der Waals surface area (Å²) in [5, 5.41) is 38.5. The molecule has 0 saturated carbocycles. The van der Waals surface area contributed by atoms with Gasteiger partial charge < -0.3 is 29.9 Å². The molecule has 0 aromatic carbocycles. The molecule has 0 aromatic heterocycles. The topological polar surface area (TPSA) is 99.4 Å². The predicted molar refractivity (Wildman–Crippen MR) is 113 cm³/mol. The average molecular weight is 461 g/mol. The highest BCUT2D eigenvalue weighted by molar-refractivity contribution is 4.86. The molecule has 0 amide bonds. The molecule has 2 unspecified atom stereocenters. The van der Waals surface area contributed by atoms with Crippen LogP contribution in [0.5, 0.6) is 0 Å². The highest BCUT2D eigenvalue weighted by Crippen LogP contribution is 2.42. The lowest BCUT2D eigenvalue weighted by molar-refractivity contribution is -0.254. The minimum absolute atomic E-state index is 0.00631. The second-order valence-electron chi connectivity index (χ2n) is 8.87. The minimum atomic E-state index is -4.57. The Labute approximate surface area is 184 Å². The maximum atomic E-state index is 13.4. The Hall–Kier alpha value is -0.450. The third-order valence-electron chi connectivity index (χ3n) is 6.51. The molecule has 0 rings (SSSR count). The molecule has 0 saturated heterocycles. The van der Waals surface area contributed by atoms with Crippen molar-refractivity contribution in [2.45, 2.75) is 71.9 Å². The molecule has 4 N–H and O–H groups in total. The van der Waals surface area contributed by atoms with Gasteiger partial charge in [0.15, 0.2) is 0 Å². The Bertz CT molecular complexity index is 453. The largest absolute Gasteiger partial charge is 0.398 e. The van der Waals surface area contributed by atoms with Crippen LogP contribution in [0.15, 0.2) is 0 Å². The zero-order valence-corrected chi connectivity index (χ0v) is 19.3. The monoisotopic (exact) mass is 460 g/mol. The van der Waals surface area contributed by atoms with E-state index in [4.69, 9.17) is 9.47 Å². The van der Waals surface area contributed by atoms with Crippen LogP contribution in [-0.2, 0) is 9.47 Å². The highest BCUT2D eigenvalue weighted by Gasteiger charge is 2.54. The molecule has 6 nitrogen and oxygen atoms in total. The number of halogens is 3. The van der Waals surface area contributed by atoms with Crippen molar-refractivity contribution in [1.29, 1.82) is 0 Å². The number of alkyl halides is 3. The van der Waals surface area contributed by atoms with Crippen molar-refractivity contribution in [3.8, 4) is 0 Å². The fourth-order valence-corrected chi connectivity index (χ4v) is 3.73. The maximum Gasteiger partial charge on any atom is 0.398 e. The van der Waals surface area contributed by atoms with Gasteiger partial charge >= 0.3 is 6.18 Å². The number of aliphatic hydroxyl groups is 4. The molecule has 2 atom stereocenters. The lowest BCUT2D eigenvalue weighted by Crippen LogP contribution is -2.45. The quantitative estimate of drug-likeness (QED) is 0.221. The van der Waals surface area contributed by atoms with Crippen LogP contribution >= 0.6 is 0 Å². The molecule has 188 valence electrons. The van der Waals surface area contributed by atoms with Gasteiger partial charge in [-0.05, 0) is 32.1 Å². The van der Waals surface area contributed by atoms with Gasteiger partial charge in [-0.2, -0.15) is 13.2 Å². The fraction of sp³-hybridized carbons (Fsp3) is 1.00. The van der Waals surface area contributed by atoms with Gasteiger partial charge in [0.1, 0.15) is 5.41 Å². The predicted octanol–water partition coefficient (Wildman–Crippen LogP) is 3.30. The van der Waals surface area contributed by atoms with Gasteiger partial charge in [0.05, 0.1) is 39.6 Å². The van der Waals surface area contributed by atoms with Crippen molar-refractivity contribution in [3.05, 3.63) is 0 Å². The van der Waals surface area contributed by atoms with Crippen LogP contribution in [0, 0.1) is 16.2 Å². The molecule has 0 bridgehead atoms.